The molecule has 4 aromatic rings. The summed E-state index contributed by atoms with van der Waals surface area (Å²) in [5, 5.41) is 11.7. The molecular weight excluding hydrogens is 542 g/mol. The van der Waals surface area contributed by atoms with Crippen LogP contribution in [-0.4, -0.2) is 37.0 Å². The third kappa shape index (κ3) is 4.27. The van der Waals surface area contributed by atoms with Gasteiger partial charge in [-0.1, -0.05) is 34.1 Å². The Bertz CT molecular complexity index is 1590. The van der Waals surface area contributed by atoms with Gasteiger partial charge in [0.05, 0.1) is 31.4 Å². The van der Waals surface area contributed by atoms with Crippen LogP contribution in [0.4, 0.5) is 5.69 Å². The van der Waals surface area contributed by atoms with Crippen LogP contribution < -0.4 is 9.64 Å². The van der Waals surface area contributed by atoms with Crippen molar-refractivity contribution in [3.8, 4) is 5.75 Å². The van der Waals surface area contributed by atoms with Gasteiger partial charge >= 0.3 is 5.97 Å². The predicted molar refractivity (Wildman–Crippen MR) is 139 cm³/mol. The predicted octanol–water partition coefficient (Wildman–Crippen LogP) is 5.77. The molecule has 1 amide bonds. The van der Waals surface area contributed by atoms with E-state index in [-0.39, 0.29) is 16.9 Å². The zero-order valence-electron chi connectivity index (χ0n) is 19.7. The molecule has 1 N–H and O–H groups in total. The number of hydrogen-bond donors (Lipinski definition) is 1. The maximum Gasteiger partial charge on any atom is 0.337 e. The lowest BCUT2D eigenvalue weighted by Gasteiger charge is -2.27. The SMILES string of the molecule is COC(=O)c1cccc(N2C(=O)C(O)=C(C(=O)c3cc4cc(Br)ccc4o3)C2c2ccc(OC)cc2)c1. The van der Waals surface area contributed by atoms with Gasteiger partial charge in [0.2, 0.25) is 5.78 Å². The van der Waals surface area contributed by atoms with Crippen molar-refractivity contribution < 1.29 is 33.4 Å². The second kappa shape index (κ2) is 9.59. The van der Waals surface area contributed by atoms with Gasteiger partial charge in [0.15, 0.2) is 11.5 Å². The summed E-state index contributed by atoms with van der Waals surface area (Å²) in [6, 6.07) is 18.9. The summed E-state index contributed by atoms with van der Waals surface area (Å²) >= 11 is 3.40. The molecule has 0 aliphatic carbocycles. The largest absolute Gasteiger partial charge is 0.503 e. The molecule has 3 aromatic carbocycles. The molecule has 1 aliphatic rings. The average molecular weight is 562 g/mol. The number of halogens is 1. The number of furan rings is 1. The Morgan fingerprint density at radius 2 is 1.76 bits per heavy atom. The minimum Gasteiger partial charge on any atom is -0.503 e. The average Bonchev–Trinajstić information content (AvgIpc) is 3.46. The van der Waals surface area contributed by atoms with Gasteiger partial charge in [0.25, 0.3) is 5.91 Å². The van der Waals surface area contributed by atoms with E-state index in [1.54, 1.807) is 66.7 Å². The normalized spacial score (nSPS) is 15.4. The van der Waals surface area contributed by atoms with Gasteiger partial charge in [-0.3, -0.25) is 14.5 Å². The van der Waals surface area contributed by atoms with Crippen LogP contribution in [0.2, 0.25) is 0 Å². The maximum absolute atomic E-state index is 13.8. The third-order valence-corrected chi connectivity index (χ3v) is 6.63. The third-order valence-electron chi connectivity index (χ3n) is 6.13. The summed E-state index contributed by atoms with van der Waals surface area (Å²) in [5.74, 6) is -2.15. The smallest absolute Gasteiger partial charge is 0.337 e. The van der Waals surface area contributed by atoms with E-state index < -0.39 is 29.5 Å². The topological polar surface area (TPSA) is 106 Å². The minimum absolute atomic E-state index is 0.0221. The molecule has 1 atom stereocenters. The zero-order valence-corrected chi connectivity index (χ0v) is 21.3. The number of amides is 1. The van der Waals surface area contributed by atoms with Crippen molar-refractivity contribution in [2.75, 3.05) is 19.1 Å². The molecule has 0 spiro atoms. The first kappa shape index (κ1) is 24.3. The number of nitrogens with zero attached hydrogens (tertiary/aromatic N) is 1. The Morgan fingerprint density at radius 1 is 1.00 bits per heavy atom. The molecule has 1 aromatic heterocycles. The molecule has 186 valence electrons. The van der Waals surface area contributed by atoms with Gasteiger partial charge in [-0.25, -0.2) is 4.79 Å². The fourth-order valence-electron chi connectivity index (χ4n) is 4.36. The lowest BCUT2D eigenvalue weighted by Crippen LogP contribution is -2.31. The van der Waals surface area contributed by atoms with Crippen molar-refractivity contribution in [1.29, 1.82) is 0 Å². The second-order valence-electron chi connectivity index (χ2n) is 8.28. The Hall–Kier alpha value is -4.37. The first-order valence-electron chi connectivity index (χ1n) is 11.1. The van der Waals surface area contributed by atoms with Crippen LogP contribution >= 0.6 is 15.9 Å². The molecule has 0 saturated carbocycles. The first-order chi connectivity index (χ1) is 17.8. The standard InChI is InChI=1S/C28H20BrNO7/c1-35-20-9-6-15(7-10-20)24-23(25(31)22-14-17-12-18(29)8-11-21(17)37-22)26(32)27(33)30(24)19-5-3-4-16(13-19)28(34)36-2/h3-14,24,32H,1-2H3. The number of Topliss-reactive ketones (excluding diaryl/α,β-unsaturated/α-hetero) is 1. The van der Waals surface area contributed by atoms with Crippen LogP contribution in [0.25, 0.3) is 11.0 Å². The number of aliphatic hydroxyl groups is 1. The Morgan fingerprint density at radius 3 is 2.46 bits per heavy atom. The van der Waals surface area contributed by atoms with Crippen molar-refractivity contribution >= 4 is 50.2 Å². The van der Waals surface area contributed by atoms with Gasteiger partial charge < -0.3 is 19.0 Å². The monoisotopic (exact) mass is 561 g/mol. The van der Waals surface area contributed by atoms with Gasteiger partial charge in [-0.2, -0.15) is 0 Å². The van der Waals surface area contributed by atoms with E-state index in [0.717, 1.165) is 4.47 Å². The number of ketones is 1. The van der Waals surface area contributed by atoms with E-state index in [0.29, 0.717) is 28.0 Å². The highest BCUT2D eigenvalue weighted by Crippen LogP contribution is 2.43. The van der Waals surface area contributed by atoms with E-state index in [2.05, 4.69) is 15.9 Å². The fraction of sp³-hybridized carbons (Fsp3) is 0.107. The molecule has 1 unspecified atom stereocenters. The van der Waals surface area contributed by atoms with Crippen LogP contribution in [0.5, 0.6) is 5.75 Å². The van der Waals surface area contributed by atoms with Crippen LogP contribution in [-0.2, 0) is 9.53 Å². The molecule has 37 heavy (non-hydrogen) atoms. The van der Waals surface area contributed by atoms with E-state index >= 15 is 0 Å². The highest BCUT2D eigenvalue weighted by Gasteiger charge is 2.45. The number of fused-ring (bicyclic) bond motifs is 1. The van der Waals surface area contributed by atoms with Crippen molar-refractivity contribution in [3.05, 3.63) is 105 Å². The number of ether oxygens (including phenoxy) is 2. The molecule has 0 bridgehead atoms. The highest BCUT2D eigenvalue weighted by molar-refractivity contribution is 9.10. The Balaban J connectivity index is 1.65. The summed E-state index contributed by atoms with van der Waals surface area (Å²) in [5.41, 5.74) is 1.40. The van der Waals surface area contributed by atoms with E-state index in [4.69, 9.17) is 13.9 Å². The Labute approximate surface area is 219 Å². The number of hydrogen-bond acceptors (Lipinski definition) is 7. The van der Waals surface area contributed by atoms with Crippen molar-refractivity contribution in [1.82, 2.24) is 0 Å². The number of esters is 1. The molecule has 0 radical (unpaired) electrons. The van der Waals surface area contributed by atoms with Crippen LogP contribution in [0.1, 0.15) is 32.5 Å². The number of benzene rings is 3. The van der Waals surface area contributed by atoms with E-state index in [1.165, 1.54) is 25.2 Å². The zero-order chi connectivity index (χ0) is 26.3. The molecule has 0 fully saturated rings. The summed E-state index contributed by atoms with van der Waals surface area (Å²) in [6.45, 7) is 0. The minimum atomic E-state index is -1.00. The van der Waals surface area contributed by atoms with Gasteiger partial charge in [0, 0.05) is 15.5 Å². The Kier molecular flexibility index (Phi) is 6.31. The second-order valence-corrected chi connectivity index (χ2v) is 9.19. The summed E-state index contributed by atoms with van der Waals surface area (Å²) < 4.78 is 16.6. The number of anilines is 1. The number of carbonyl (C=O) groups is 3. The molecule has 0 saturated heterocycles. The quantitative estimate of drug-likeness (QED) is 0.235. The molecule has 5 rings (SSSR count). The lowest BCUT2D eigenvalue weighted by molar-refractivity contribution is -0.117. The van der Waals surface area contributed by atoms with Crippen LogP contribution in [0.3, 0.4) is 0 Å². The maximum atomic E-state index is 13.8. The van der Waals surface area contributed by atoms with Crippen LogP contribution in [0, 0.1) is 0 Å². The molecule has 8 nitrogen and oxygen atoms in total. The van der Waals surface area contributed by atoms with Gasteiger partial charge in [0.1, 0.15) is 11.3 Å². The van der Waals surface area contributed by atoms with Crippen molar-refractivity contribution in [3.63, 3.8) is 0 Å². The van der Waals surface area contributed by atoms with E-state index in [1.807, 2.05) is 0 Å². The van der Waals surface area contributed by atoms with Crippen LogP contribution in [0.15, 0.2) is 93.0 Å². The van der Waals surface area contributed by atoms with E-state index in [9.17, 15) is 19.5 Å². The number of aliphatic hydroxyl groups excluding tert-OH is 1. The number of methoxy groups -OCH3 is 2. The number of rotatable bonds is 6. The molecule has 1 aliphatic heterocycles. The summed E-state index contributed by atoms with van der Waals surface area (Å²) in [4.78, 5) is 40.6. The lowest BCUT2D eigenvalue weighted by atomic mass is 9.94. The highest BCUT2D eigenvalue weighted by atomic mass is 79.9. The van der Waals surface area contributed by atoms with Gasteiger partial charge in [-0.05, 0) is 60.2 Å². The summed E-state index contributed by atoms with van der Waals surface area (Å²) in [7, 11) is 2.78. The molecule has 9 heteroatoms. The first-order valence-corrected chi connectivity index (χ1v) is 11.9. The van der Waals surface area contributed by atoms with Crippen molar-refractivity contribution in [2.45, 2.75) is 6.04 Å². The molecule has 2 heterocycles. The van der Waals surface area contributed by atoms with Gasteiger partial charge in [-0.15, -0.1) is 0 Å². The summed E-state index contributed by atoms with van der Waals surface area (Å²) in [6.07, 6.45) is 0. The molecular formula is C28H20BrNO7. The number of carbonyl (C=O) groups excluding carboxylic acids is 3. The fourth-order valence-corrected chi connectivity index (χ4v) is 4.74. The van der Waals surface area contributed by atoms with Crippen molar-refractivity contribution in [2.24, 2.45) is 0 Å².